The summed E-state index contributed by atoms with van der Waals surface area (Å²) in [5, 5.41) is 7.09. The lowest BCUT2D eigenvalue weighted by Crippen LogP contribution is -2.04. The summed E-state index contributed by atoms with van der Waals surface area (Å²) in [5.41, 5.74) is 5.12. The smallest absolute Gasteiger partial charge is 0.151 e. The summed E-state index contributed by atoms with van der Waals surface area (Å²) in [5.74, 6) is 0.929. The van der Waals surface area contributed by atoms with Crippen LogP contribution in [-0.2, 0) is 4.74 Å². The average Bonchev–Trinajstić information content (AvgIpc) is 1.87. The summed E-state index contributed by atoms with van der Waals surface area (Å²) in [6, 6.07) is 0. The minimum atomic E-state index is 0.206. The molecule has 0 rings (SSSR count). The summed E-state index contributed by atoms with van der Waals surface area (Å²) in [7, 11) is 1.69. The molecule has 60 valence electrons. The Hall–Kier alpha value is -0.220. The lowest BCUT2D eigenvalue weighted by atomic mass is 10.4. The zero-order valence-electron chi connectivity index (χ0n) is 6.22. The van der Waals surface area contributed by atoms with E-state index in [4.69, 9.17) is 15.9 Å². The van der Waals surface area contributed by atoms with Crippen LogP contribution in [0.2, 0.25) is 0 Å². The quantitative estimate of drug-likeness (QED) is 0.361. The Balaban J connectivity index is 2.84. The molecule has 3 N–H and O–H groups in total. The number of amidine groups is 1. The molecule has 0 aromatic heterocycles. The van der Waals surface area contributed by atoms with Gasteiger partial charge in [-0.05, 0) is 12.8 Å². The van der Waals surface area contributed by atoms with E-state index >= 15 is 0 Å². The van der Waals surface area contributed by atoms with Gasteiger partial charge >= 0.3 is 0 Å². The fourth-order valence-corrected chi connectivity index (χ4v) is 1.10. The number of nitrogens with two attached hydrogens (primary N) is 1. The van der Waals surface area contributed by atoms with E-state index in [0.29, 0.717) is 0 Å². The molecule has 0 spiro atoms. The Kier molecular flexibility index (Phi) is 6.74. The van der Waals surface area contributed by atoms with E-state index in [2.05, 4.69) is 0 Å². The molecule has 0 amide bonds. The molecule has 0 saturated heterocycles. The Labute approximate surface area is 65.8 Å². The second-order valence-electron chi connectivity index (χ2n) is 1.91. The van der Waals surface area contributed by atoms with Crippen molar-refractivity contribution in [1.29, 1.82) is 5.41 Å². The molecule has 0 aliphatic rings. The number of rotatable bonds is 5. The van der Waals surface area contributed by atoms with Gasteiger partial charge in [0.15, 0.2) is 5.17 Å². The summed E-state index contributed by atoms with van der Waals surface area (Å²) in [6.07, 6.45) is 2.12. The van der Waals surface area contributed by atoms with Crippen LogP contribution in [0.4, 0.5) is 0 Å². The van der Waals surface area contributed by atoms with Crippen LogP contribution in [0, 0.1) is 5.41 Å². The molecule has 0 bridgehead atoms. The third-order valence-corrected chi connectivity index (χ3v) is 1.80. The third-order valence-electron chi connectivity index (χ3n) is 1.00. The van der Waals surface area contributed by atoms with Crippen LogP contribution < -0.4 is 5.73 Å². The van der Waals surface area contributed by atoms with Crippen LogP contribution in [0.3, 0.4) is 0 Å². The van der Waals surface area contributed by atoms with Gasteiger partial charge in [-0.15, -0.1) is 0 Å². The molecule has 10 heavy (non-hydrogen) atoms. The second-order valence-corrected chi connectivity index (χ2v) is 3.05. The molecule has 0 radical (unpaired) electrons. The van der Waals surface area contributed by atoms with Crippen LogP contribution >= 0.6 is 11.8 Å². The Morgan fingerprint density at radius 2 is 2.30 bits per heavy atom. The highest BCUT2D eigenvalue weighted by atomic mass is 32.2. The molecule has 0 heterocycles. The number of nitrogens with one attached hydrogen (secondary N) is 1. The molecule has 0 fully saturated rings. The van der Waals surface area contributed by atoms with Gasteiger partial charge in [0, 0.05) is 19.5 Å². The molecule has 0 saturated carbocycles. The van der Waals surface area contributed by atoms with Gasteiger partial charge in [-0.25, -0.2) is 0 Å². The van der Waals surface area contributed by atoms with E-state index < -0.39 is 0 Å². The first-order chi connectivity index (χ1) is 4.77. The topological polar surface area (TPSA) is 59.1 Å². The minimum Gasteiger partial charge on any atom is -0.385 e. The van der Waals surface area contributed by atoms with Gasteiger partial charge < -0.3 is 10.5 Å². The van der Waals surface area contributed by atoms with Crippen molar-refractivity contribution in [2.75, 3.05) is 19.5 Å². The van der Waals surface area contributed by atoms with E-state index in [1.54, 1.807) is 7.11 Å². The third kappa shape index (κ3) is 7.78. The number of hydrogen-bond acceptors (Lipinski definition) is 3. The lowest BCUT2D eigenvalue weighted by molar-refractivity contribution is 0.194. The van der Waals surface area contributed by atoms with E-state index in [1.165, 1.54) is 11.8 Å². The molecular weight excluding hydrogens is 148 g/mol. The Morgan fingerprint density at radius 1 is 1.60 bits per heavy atom. The second kappa shape index (κ2) is 6.89. The minimum absolute atomic E-state index is 0.206. The molecule has 0 aromatic carbocycles. The number of ether oxygens (including phenoxy) is 1. The van der Waals surface area contributed by atoms with Gasteiger partial charge in [0.05, 0.1) is 0 Å². The lowest BCUT2D eigenvalue weighted by Gasteiger charge is -1.97. The van der Waals surface area contributed by atoms with E-state index in [9.17, 15) is 0 Å². The molecule has 0 unspecified atom stereocenters. The predicted octanol–water partition coefficient (Wildman–Crippen LogP) is 1.04. The summed E-state index contributed by atoms with van der Waals surface area (Å²) < 4.78 is 4.85. The number of thioether (sulfide) groups is 1. The summed E-state index contributed by atoms with van der Waals surface area (Å²) in [4.78, 5) is 0. The highest BCUT2D eigenvalue weighted by molar-refractivity contribution is 8.13. The van der Waals surface area contributed by atoms with Crippen molar-refractivity contribution in [1.82, 2.24) is 0 Å². The van der Waals surface area contributed by atoms with Crippen molar-refractivity contribution in [3.8, 4) is 0 Å². The first kappa shape index (κ1) is 9.78. The van der Waals surface area contributed by atoms with Crippen molar-refractivity contribution in [3.05, 3.63) is 0 Å². The van der Waals surface area contributed by atoms with Crippen molar-refractivity contribution < 1.29 is 4.74 Å². The number of hydrogen-bond donors (Lipinski definition) is 2. The van der Waals surface area contributed by atoms with E-state index in [0.717, 1.165) is 25.2 Å². The zero-order valence-corrected chi connectivity index (χ0v) is 7.04. The molecule has 3 nitrogen and oxygen atoms in total. The van der Waals surface area contributed by atoms with Crippen LogP contribution in [-0.4, -0.2) is 24.6 Å². The SMILES string of the molecule is COCCCCSC(=N)N. The van der Waals surface area contributed by atoms with Crippen LogP contribution in [0.5, 0.6) is 0 Å². The highest BCUT2D eigenvalue weighted by Crippen LogP contribution is 2.02. The zero-order chi connectivity index (χ0) is 7.82. The van der Waals surface area contributed by atoms with Gasteiger partial charge in [-0.3, -0.25) is 5.41 Å². The first-order valence-electron chi connectivity index (χ1n) is 3.23. The van der Waals surface area contributed by atoms with Crippen LogP contribution in [0.25, 0.3) is 0 Å². The maximum Gasteiger partial charge on any atom is 0.151 e. The standard InChI is InChI=1S/C6H14N2OS/c1-9-4-2-3-5-10-6(7)8/h2-5H2,1H3,(H3,7,8). The molecule has 0 atom stereocenters. The van der Waals surface area contributed by atoms with Gasteiger partial charge in [0.1, 0.15) is 0 Å². The van der Waals surface area contributed by atoms with Crippen molar-refractivity contribution >= 4 is 16.9 Å². The summed E-state index contributed by atoms with van der Waals surface area (Å²) >= 11 is 1.39. The maximum absolute atomic E-state index is 6.88. The van der Waals surface area contributed by atoms with Gasteiger partial charge in [0.2, 0.25) is 0 Å². The van der Waals surface area contributed by atoms with Crippen molar-refractivity contribution in [3.63, 3.8) is 0 Å². The molecule has 0 aliphatic carbocycles. The normalized spacial score (nSPS) is 9.70. The Morgan fingerprint density at radius 3 is 2.80 bits per heavy atom. The molecule has 4 heteroatoms. The molecule has 0 aromatic rings. The van der Waals surface area contributed by atoms with Gasteiger partial charge in [0.25, 0.3) is 0 Å². The van der Waals surface area contributed by atoms with Crippen molar-refractivity contribution in [2.45, 2.75) is 12.8 Å². The fourth-order valence-electron chi connectivity index (χ4n) is 0.531. The van der Waals surface area contributed by atoms with Gasteiger partial charge in [-0.2, -0.15) is 0 Å². The van der Waals surface area contributed by atoms with E-state index in [1.807, 2.05) is 0 Å². The largest absolute Gasteiger partial charge is 0.385 e. The first-order valence-corrected chi connectivity index (χ1v) is 4.21. The Bertz CT molecular complexity index is 97.7. The average molecular weight is 162 g/mol. The number of unbranched alkanes of at least 4 members (excludes halogenated alkanes) is 1. The van der Waals surface area contributed by atoms with E-state index in [-0.39, 0.29) is 5.17 Å². The maximum atomic E-state index is 6.88. The van der Waals surface area contributed by atoms with Crippen LogP contribution in [0.1, 0.15) is 12.8 Å². The van der Waals surface area contributed by atoms with Gasteiger partial charge in [-0.1, -0.05) is 11.8 Å². The monoisotopic (exact) mass is 162 g/mol. The number of methoxy groups -OCH3 is 1. The summed E-state index contributed by atoms with van der Waals surface area (Å²) in [6.45, 7) is 0.804. The van der Waals surface area contributed by atoms with Crippen LogP contribution in [0.15, 0.2) is 0 Å². The predicted molar refractivity (Wildman–Crippen MR) is 45.5 cm³/mol. The molecular formula is C6H14N2OS. The molecule has 0 aliphatic heterocycles. The van der Waals surface area contributed by atoms with Crippen molar-refractivity contribution in [2.24, 2.45) is 5.73 Å². The fraction of sp³-hybridized carbons (Fsp3) is 0.833. The highest BCUT2D eigenvalue weighted by Gasteiger charge is 1.90.